The fourth-order valence-electron chi connectivity index (χ4n) is 4.49. The summed E-state index contributed by atoms with van der Waals surface area (Å²) in [5, 5.41) is 2.85. The Balaban J connectivity index is 1.62. The predicted octanol–water partition coefficient (Wildman–Crippen LogP) is 3.06. The number of nitrogens with zero attached hydrogens (tertiary/aromatic N) is 2. The molecule has 0 unspecified atom stereocenters. The van der Waals surface area contributed by atoms with Gasteiger partial charge < -0.3 is 10.2 Å². The van der Waals surface area contributed by atoms with Gasteiger partial charge in [0.1, 0.15) is 0 Å². The van der Waals surface area contributed by atoms with E-state index in [2.05, 4.69) is 22.4 Å². The second kappa shape index (κ2) is 7.74. The SMILES string of the molecule is CNC(=O)[C@@]1(Cc2ccccc2-c2cccnc2)CCN(C(=O)C2CCC2)C1. The molecule has 2 aromatic rings. The molecule has 0 spiro atoms. The third-order valence-electron chi connectivity index (χ3n) is 6.35. The zero-order valence-electron chi connectivity index (χ0n) is 16.4. The maximum Gasteiger partial charge on any atom is 0.228 e. The summed E-state index contributed by atoms with van der Waals surface area (Å²) in [6.07, 6.45) is 8.06. The Morgan fingerprint density at radius 3 is 2.71 bits per heavy atom. The van der Waals surface area contributed by atoms with Crippen LogP contribution in [-0.2, 0) is 16.0 Å². The molecule has 1 saturated carbocycles. The van der Waals surface area contributed by atoms with Gasteiger partial charge in [-0.15, -0.1) is 0 Å². The van der Waals surface area contributed by atoms with E-state index in [0.717, 1.165) is 36.0 Å². The molecule has 2 heterocycles. The standard InChI is InChI=1S/C23H27N3O2/c1-24-22(28)23(11-13-26(16-23)21(27)17-7-4-8-17)14-18-6-2-3-10-20(18)19-9-5-12-25-15-19/h2-3,5-6,9-10,12,15,17H,4,7-8,11,13-14,16H2,1H3,(H,24,28)/t23-/m1/s1. The van der Waals surface area contributed by atoms with Crippen LogP contribution in [0.25, 0.3) is 11.1 Å². The number of aromatic nitrogens is 1. The molecule has 1 N–H and O–H groups in total. The van der Waals surface area contributed by atoms with Crippen LogP contribution in [0.15, 0.2) is 48.8 Å². The van der Waals surface area contributed by atoms with Crippen molar-refractivity contribution in [3.63, 3.8) is 0 Å². The number of nitrogens with one attached hydrogen (secondary N) is 1. The number of pyridine rings is 1. The van der Waals surface area contributed by atoms with Crippen molar-refractivity contribution in [3.8, 4) is 11.1 Å². The first kappa shape index (κ1) is 18.7. The van der Waals surface area contributed by atoms with Crippen LogP contribution in [0.3, 0.4) is 0 Å². The van der Waals surface area contributed by atoms with Gasteiger partial charge in [-0.25, -0.2) is 0 Å². The van der Waals surface area contributed by atoms with Gasteiger partial charge in [-0.05, 0) is 42.9 Å². The van der Waals surface area contributed by atoms with E-state index in [0.29, 0.717) is 25.9 Å². The molecule has 5 heteroatoms. The highest BCUT2D eigenvalue weighted by molar-refractivity contribution is 5.86. The third kappa shape index (κ3) is 3.41. The molecule has 0 radical (unpaired) electrons. The smallest absolute Gasteiger partial charge is 0.228 e. The molecule has 2 fully saturated rings. The number of hydrogen-bond acceptors (Lipinski definition) is 3. The van der Waals surface area contributed by atoms with E-state index in [4.69, 9.17) is 0 Å². The molecule has 2 aliphatic rings. The van der Waals surface area contributed by atoms with Gasteiger partial charge in [0.15, 0.2) is 0 Å². The van der Waals surface area contributed by atoms with E-state index in [9.17, 15) is 9.59 Å². The van der Waals surface area contributed by atoms with Crippen molar-refractivity contribution in [1.82, 2.24) is 15.2 Å². The number of amides is 2. The summed E-state index contributed by atoms with van der Waals surface area (Å²) in [4.78, 5) is 31.9. The van der Waals surface area contributed by atoms with Gasteiger partial charge in [-0.2, -0.15) is 0 Å². The lowest BCUT2D eigenvalue weighted by molar-refractivity contribution is -0.138. The van der Waals surface area contributed by atoms with Crippen molar-refractivity contribution in [1.29, 1.82) is 0 Å². The van der Waals surface area contributed by atoms with E-state index >= 15 is 0 Å². The molecule has 1 saturated heterocycles. The highest BCUT2D eigenvalue weighted by Gasteiger charge is 2.47. The van der Waals surface area contributed by atoms with Crippen LogP contribution in [-0.4, -0.2) is 41.8 Å². The molecule has 5 nitrogen and oxygen atoms in total. The minimum atomic E-state index is -0.577. The van der Waals surface area contributed by atoms with Gasteiger partial charge in [0, 0.05) is 44.0 Å². The zero-order valence-corrected chi connectivity index (χ0v) is 16.4. The number of benzene rings is 1. The molecule has 2 amide bonds. The summed E-state index contributed by atoms with van der Waals surface area (Å²) in [5.41, 5.74) is 2.69. The Kier molecular flexibility index (Phi) is 5.16. The van der Waals surface area contributed by atoms with Gasteiger partial charge in [-0.1, -0.05) is 36.8 Å². The Morgan fingerprint density at radius 2 is 2.04 bits per heavy atom. The Bertz CT molecular complexity index is 863. The van der Waals surface area contributed by atoms with E-state index in [-0.39, 0.29) is 17.7 Å². The Hall–Kier alpha value is -2.69. The molecular formula is C23H27N3O2. The summed E-state index contributed by atoms with van der Waals surface area (Å²) < 4.78 is 0. The highest BCUT2D eigenvalue weighted by atomic mass is 16.2. The lowest BCUT2D eigenvalue weighted by Gasteiger charge is -2.32. The molecule has 0 bridgehead atoms. The fourth-order valence-corrected chi connectivity index (χ4v) is 4.49. The van der Waals surface area contributed by atoms with Crippen LogP contribution in [0.5, 0.6) is 0 Å². The minimum Gasteiger partial charge on any atom is -0.359 e. The molecule has 146 valence electrons. The lowest BCUT2D eigenvalue weighted by Crippen LogP contribution is -2.45. The fraction of sp³-hybridized carbons (Fsp3) is 0.435. The van der Waals surface area contributed by atoms with Crippen molar-refractivity contribution in [2.75, 3.05) is 20.1 Å². The maximum absolute atomic E-state index is 12.9. The van der Waals surface area contributed by atoms with Gasteiger partial charge in [0.2, 0.25) is 11.8 Å². The van der Waals surface area contributed by atoms with Crippen LogP contribution >= 0.6 is 0 Å². The normalized spacial score (nSPS) is 22.0. The zero-order chi connectivity index (χ0) is 19.6. The van der Waals surface area contributed by atoms with Crippen molar-refractivity contribution >= 4 is 11.8 Å². The molecule has 28 heavy (non-hydrogen) atoms. The maximum atomic E-state index is 12.9. The predicted molar refractivity (Wildman–Crippen MR) is 108 cm³/mol. The monoisotopic (exact) mass is 377 g/mol. The topological polar surface area (TPSA) is 62.3 Å². The van der Waals surface area contributed by atoms with Crippen LogP contribution in [0, 0.1) is 11.3 Å². The van der Waals surface area contributed by atoms with Gasteiger partial charge in [-0.3, -0.25) is 14.6 Å². The minimum absolute atomic E-state index is 0.0254. The molecule has 1 atom stereocenters. The summed E-state index contributed by atoms with van der Waals surface area (Å²) in [6.45, 7) is 1.17. The van der Waals surface area contributed by atoms with E-state index in [1.165, 1.54) is 0 Å². The van der Waals surface area contributed by atoms with Crippen LogP contribution in [0.2, 0.25) is 0 Å². The first-order chi connectivity index (χ1) is 13.6. The van der Waals surface area contributed by atoms with Crippen LogP contribution < -0.4 is 5.32 Å². The largest absolute Gasteiger partial charge is 0.359 e. The summed E-state index contributed by atoms with van der Waals surface area (Å²) in [6, 6.07) is 12.2. The Labute approximate surface area is 166 Å². The average Bonchev–Trinajstić information content (AvgIpc) is 3.12. The molecule has 1 aliphatic heterocycles. The number of carbonyl (C=O) groups excluding carboxylic acids is 2. The van der Waals surface area contributed by atoms with Crippen LogP contribution in [0.4, 0.5) is 0 Å². The van der Waals surface area contributed by atoms with Crippen LogP contribution in [0.1, 0.15) is 31.2 Å². The molecule has 1 aromatic heterocycles. The summed E-state index contributed by atoms with van der Waals surface area (Å²) in [5.74, 6) is 0.429. The number of carbonyl (C=O) groups is 2. The van der Waals surface area contributed by atoms with E-state index < -0.39 is 5.41 Å². The summed E-state index contributed by atoms with van der Waals surface area (Å²) >= 11 is 0. The second-order valence-corrected chi connectivity index (χ2v) is 8.07. The van der Waals surface area contributed by atoms with Gasteiger partial charge in [0.25, 0.3) is 0 Å². The first-order valence-corrected chi connectivity index (χ1v) is 10.1. The van der Waals surface area contributed by atoms with E-state index in [1.807, 2.05) is 35.4 Å². The lowest BCUT2D eigenvalue weighted by atomic mass is 9.78. The van der Waals surface area contributed by atoms with Crippen molar-refractivity contribution in [2.24, 2.45) is 11.3 Å². The molecule has 4 rings (SSSR count). The van der Waals surface area contributed by atoms with Crippen molar-refractivity contribution < 1.29 is 9.59 Å². The number of likely N-dealkylation sites (tertiary alicyclic amines) is 1. The summed E-state index contributed by atoms with van der Waals surface area (Å²) in [7, 11) is 1.69. The first-order valence-electron chi connectivity index (χ1n) is 10.1. The number of hydrogen-bond donors (Lipinski definition) is 1. The second-order valence-electron chi connectivity index (χ2n) is 8.07. The van der Waals surface area contributed by atoms with Gasteiger partial charge in [0.05, 0.1) is 5.41 Å². The van der Waals surface area contributed by atoms with Crippen molar-refractivity contribution in [2.45, 2.75) is 32.1 Å². The molecule has 1 aliphatic carbocycles. The number of rotatable bonds is 5. The highest BCUT2D eigenvalue weighted by Crippen LogP contribution is 2.39. The molecule has 1 aromatic carbocycles. The Morgan fingerprint density at radius 1 is 1.21 bits per heavy atom. The van der Waals surface area contributed by atoms with Crippen molar-refractivity contribution in [3.05, 3.63) is 54.4 Å². The molecular weight excluding hydrogens is 350 g/mol. The van der Waals surface area contributed by atoms with E-state index in [1.54, 1.807) is 13.2 Å². The third-order valence-corrected chi connectivity index (χ3v) is 6.35. The van der Waals surface area contributed by atoms with Gasteiger partial charge >= 0.3 is 0 Å². The average molecular weight is 377 g/mol. The quantitative estimate of drug-likeness (QED) is 0.871.